The second kappa shape index (κ2) is 7.17. The molecule has 0 fully saturated rings. The highest BCUT2D eigenvalue weighted by molar-refractivity contribution is 5.82. The smallest absolute Gasteiger partial charge is 0.258 e. The lowest BCUT2D eigenvalue weighted by Crippen LogP contribution is -2.30. The average molecular weight is 340 g/mol. The van der Waals surface area contributed by atoms with Crippen LogP contribution in [0.1, 0.15) is 12.5 Å². The molecule has 0 saturated carbocycles. The van der Waals surface area contributed by atoms with Gasteiger partial charge in [-0.15, -0.1) is 0 Å². The molecule has 1 atom stereocenters. The highest BCUT2D eigenvalue weighted by atomic mass is 19.1. The molecule has 2 aromatic carbocycles. The van der Waals surface area contributed by atoms with E-state index in [0.29, 0.717) is 22.4 Å². The molecule has 0 aliphatic rings. The molecule has 0 aliphatic carbocycles. The van der Waals surface area contributed by atoms with Crippen molar-refractivity contribution in [3.05, 3.63) is 66.1 Å². The Kier molecular flexibility index (Phi) is 4.79. The fraction of sp³-hybridized carbons (Fsp3) is 0.158. The van der Waals surface area contributed by atoms with Gasteiger partial charge in [0.15, 0.2) is 6.10 Å². The zero-order chi connectivity index (χ0) is 17.8. The van der Waals surface area contributed by atoms with Crippen molar-refractivity contribution in [2.75, 3.05) is 0 Å². The van der Waals surface area contributed by atoms with Gasteiger partial charge >= 0.3 is 0 Å². The summed E-state index contributed by atoms with van der Waals surface area (Å²) in [7, 11) is 0. The van der Waals surface area contributed by atoms with Crippen molar-refractivity contribution in [3.63, 3.8) is 0 Å². The fourth-order valence-corrected chi connectivity index (χ4v) is 2.35. The van der Waals surface area contributed by atoms with E-state index in [1.165, 1.54) is 6.07 Å². The van der Waals surface area contributed by atoms with E-state index in [-0.39, 0.29) is 12.4 Å². The second-order valence-corrected chi connectivity index (χ2v) is 5.53. The van der Waals surface area contributed by atoms with E-state index < -0.39 is 12.0 Å². The van der Waals surface area contributed by atoms with Crippen molar-refractivity contribution in [3.8, 4) is 11.5 Å². The highest BCUT2D eigenvalue weighted by Gasteiger charge is 2.10. The summed E-state index contributed by atoms with van der Waals surface area (Å²) in [6, 6.07) is 13.3. The molecule has 0 spiro atoms. The van der Waals surface area contributed by atoms with Gasteiger partial charge in [0, 0.05) is 17.1 Å². The predicted octanol–water partition coefficient (Wildman–Crippen LogP) is 3.21. The maximum Gasteiger partial charge on any atom is 0.258 e. The second-order valence-electron chi connectivity index (χ2n) is 5.53. The largest absolute Gasteiger partial charge is 0.489 e. The van der Waals surface area contributed by atoms with Crippen LogP contribution in [0.5, 0.6) is 11.5 Å². The molecule has 3 rings (SSSR count). The number of nitrogens with two attached hydrogens (primary N) is 1. The number of rotatable bonds is 6. The Balaban J connectivity index is 1.70. The minimum absolute atomic E-state index is 0.256. The van der Waals surface area contributed by atoms with E-state index in [2.05, 4.69) is 4.98 Å². The maximum absolute atomic E-state index is 13.8. The molecule has 1 amide bonds. The summed E-state index contributed by atoms with van der Waals surface area (Å²) < 4.78 is 24.9. The summed E-state index contributed by atoms with van der Waals surface area (Å²) in [6.45, 7) is 1.84. The number of ether oxygens (including phenoxy) is 2. The van der Waals surface area contributed by atoms with Crippen LogP contribution in [0.2, 0.25) is 0 Å². The molecule has 0 radical (unpaired) electrons. The Morgan fingerprint density at radius 1 is 1.16 bits per heavy atom. The lowest BCUT2D eigenvalue weighted by Gasteiger charge is -2.12. The van der Waals surface area contributed by atoms with Crippen LogP contribution in [0.3, 0.4) is 0 Å². The van der Waals surface area contributed by atoms with Crippen molar-refractivity contribution < 1.29 is 18.7 Å². The van der Waals surface area contributed by atoms with Crippen LogP contribution in [0, 0.1) is 5.82 Å². The number of hydrogen-bond acceptors (Lipinski definition) is 4. The molecular formula is C19H17FN2O3. The van der Waals surface area contributed by atoms with Gasteiger partial charge in [0.2, 0.25) is 0 Å². The van der Waals surface area contributed by atoms with Crippen LogP contribution >= 0.6 is 0 Å². The minimum Gasteiger partial charge on any atom is -0.489 e. The lowest BCUT2D eigenvalue weighted by molar-refractivity contribution is -0.123. The van der Waals surface area contributed by atoms with E-state index >= 15 is 0 Å². The number of halogens is 1. The molecule has 3 aromatic rings. The number of nitrogens with zero attached hydrogens (tertiary/aromatic N) is 1. The van der Waals surface area contributed by atoms with Crippen molar-refractivity contribution >= 4 is 16.8 Å². The fourth-order valence-electron chi connectivity index (χ4n) is 2.35. The van der Waals surface area contributed by atoms with Gasteiger partial charge in [0.05, 0.1) is 5.52 Å². The van der Waals surface area contributed by atoms with Gasteiger partial charge in [0.1, 0.15) is 23.9 Å². The van der Waals surface area contributed by atoms with E-state index in [4.69, 9.17) is 15.2 Å². The first-order valence-corrected chi connectivity index (χ1v) is 7.75. The number of hydrogen-bond donors (Lipinski definition) is 1. The minimum atomic E-state index is -0.705. The van der Waals surface area contributed by atoms with Gasteiger partial charge in [-0.05, 0) is 49.4 Å². The van der Waals surface area contributed by atoms with Gasteiger partial charge in [-0.25, -0.2) is 4.39 Å². The molecule has 2 N–H and O–H groups in total. The predicted molar refractivity (Wildman–Crippen MR) is 91.8 cm³/mol. The first kappa shape index (κ1) is 16.7. The van der Waals surface area contributed by atoms with Crippen LogP contribution in [-0.4, -0.2) is 17.0 Å². The molecule has 0 saturated heterocycles. The number of aromatic nitrogens is 1. The quantitative estimate of drug-likeness (QED) is 0.748. The van der Waals surface area contributed by atoms with E-state index in [9.17, 15) is 9.18 Å². The number of carbonyl (C=O) groups excluding carboxylic acids is 1. The summed E-state index contributed by atoms with van der Waals surface area (Å²) in [5.41, 5.74) is 6.53. The van der Waals surface area contributed by atoms with E-state index in [0.717, 1.165) is 5.56 Å². The third-order valence-corrected chi connectivity index (χ3v) is 3.73. The van der Waals surface area contributed by atoms with Gasteiger partial charge in [-0.2, -0.15) is 0 Å². The summed E-state index contributed by atoms with van der Waals surface area (Å²) in [4.78, 5) is 15.2. The van der Waals surface area contributed by atoms with Crippen molar-refractivity contribution in [2.45, 2.75) is 19.6 Å². The van der Waals surface area contributed by atoms with Crippen LogP contribution in [0.4, 0.5) is 4.39 Å². The number of fused-ring (bicyclic) bond motifs is 1. The first-order chi connectivity index (χ1) is 12.0. The molecular weight excluding hydrogens is 323 g/mol. The number of primary amides is 1. The van der Waals surface area contributed by atoms with Crippen molar-refractivity contribution in [2.24, 2.45) is 5.73 Å². The van der Waals surface area contributed by atoms with Crippen LogP contribution in [0.25, 0.3) is 10.9 Å². The molecule has 5 nitrogen and oxygen atoms in total. The topological polar surface area (TPSA) is 74.4 Å². The maximum atomic E-state index is 13.8. The number of pyridine rings is 1. The Morgan fingerprint density at radius 2 is 1.88 bits per heavy atom. The van der Waals surface area contributed by atoms with Gasteiger partial charge in [-0.3, -0.25) is 9.78 Å². The molecule has 1 aromatic heterocycles. The summed E-state index contributed by atoms with van der Waals surface area (Å²) in [6.07, 6.45) is 0.917. The van der Waals surface area contributed by atoms with E-state index in [1.807, 2.05) is 0 Å². The van der Waals surface area contributed by atoms with Gasteiger partial charge in [0.25, 0.3) is 5.91 Å². The zero-order valence-corrected chi connectivity index (χ0v) is 13.6. The monoisotopic (exact) mass is 340 g/mol. The summed E-state index contributed by atoms with van der Waals surface area (Å²) in [5, 5.41) is 0.466. The number of benzene rings is 2. The molecule has 0 bridgehead atoms. The lowest BCUT2D eigenvalue weighted by atomic mass is 10.1. The molecule has 1 unspecified atom stereocenters. The molecule has 128 valence electrons. The average Bonchev–Trinajstić information content (AvgIpc) is 2.62. The number of amides is 1. The molecule has 1 heterocycles. The zero-order valence-electron chi connectivity index (χ0n) is 13.6. The summed E-state index contributed by atoms with van der Waals surface area (Å²) >= 11 is 0. The first-order valence-electron chi connectivity index (χ1n) is 7.75. The Hall–Kier alpha value is -3.15. The third kappa shape index (κ3) is 3.85. The Morgan fingerprint density at radius 3 is 2.60 bits per heavy atom. The molecule has 0 aliphatic heterocycles. The van der Waals surface area contributed by atoms with Crippen LogP contribution in [0.15, 0.2) is 54.7 Å². The van der Waals surface area contributed by atoms with Crippen LogP contribution < -0.4 is 15.2 Å². The van der Waals surface area contributed by atoms with Gasteiger partial charge < -0.3 is 15.2 Å². The molecule has 25 heavy (non-hydrogen) atoms. The standard InChI is InChI=1S/C19H17FN2O3/c1-12(19(21)23)25-15-7-5-14(6-8-15)24-11-13-4-9-17(20)16-3-2-10-22-18(13)16/h2-10,12H,11H2,1H3,(H2,21,23). The number of carbonyl (C=O) groups is 1. The summed E-state index contributed by atoms with van der Waals surface area (Å²) in [5.74, 6) is 0.299. The molecule has 6 heteroatoms. The van der Waals surface area contributed by atoms with Crippen molar-refractivity contribution in [1.82, 2.24) is 4.98 Å². The Labute approximate surface area is 144 Å². The van der Waals surface area contributed by atoms with Crippen molar-refractivity contribution in [1.29, 1.82) is 0 Å². The highest BCUT2D eigenvalue weighted by Crippen LogP contribution is 2.23. The Bertz CT molecular complexity index is 897. The van der Waals surface area contributed by atoms with Gasteiger partial charge in [-0.1, -0.05) is 6.07 Å². The van der Waals surface area contributed by atoms with Crippen LogP contribution in [-0.2, 0) is 11.4 Å². The third-order valence-electron chi connectivity index (χ3n) is 3.73. The SMILES string of the molecule is CC(Oc1ccc(OCc2ccc(F)c3cccnc23)cc1)C(N)=O. The normalized spacial score (nSPS) is 11.9. The van der Waals surface area contributed by atoms with E-state index in [1.54, 1.807) is 55.6 Å².